The van der Waals surface area contributed by atoms with Crippen molar-refractivity contribution in [1.29, 1.82) is 0 Å². The lowest BCUT2D eigenvalue weighted by atomic mass is 10.3. The predicted molar refractivity (Wildman–Crippen MR) is 58.6 cm³/mol. The van der Waals surface area contributed by atoms with E-state index >= 15 is 0 Å². The van der Waals surface area contributed by atoms with Crippen molar-refractivity contribution in [3.8, 4) is 11.5 Å². The molecule has 0 amide bonds. The summed E-state index contributed by atoms with van der Waals surface area (Å²) in [5, 5.41) is 9.68. The van der Waals surface area contributed by atoms with Crippen LogP contribution in [0, 0.1) is 0 Å². The molecular weight excluding hydrogens is 218 g/mol. The lowest BCUT2D eigenvalue weighted by Gasteiger charge is -2.12. The molecular formula is C10H14ClNO3. The SMILES string of the molecule is COc1ccc(Cl)c(OCC(O)CN)c1. The first-order valence-corrected chi connectivity index (χ1v) is 4.89. The third kappa shape index (κ3) is 3.58. The van der Waals surface area contributed by atoms with Gasteiger partial charge in [-0.2, -0.15) is 0 Å². The van der Waals surface area contributed by atoms with Gasteiger partial charge in [0.1, 0.15) is 24.2 Å². The van der Waals surface area contributed by atoms with Crippen LogP contribution in [0.25, 0.3) is 0 Å². The molecule has 84 valence electrons. The average molecular weight is 232 g/mol. The van der Waals surface area contributed by atoms with Crippen molar-refractivity contribution in [2.24, 2.45) is 5.73 Å². The Bertz CT molecular complexity index is 320. The minimum absolute atomic E-state index is 0.114. The van der Waals surface area contributed by atoms with E-state index < -0.39 is 6.10 Å². The van der Waals surface area contributed by atoms with Gasteiger partial charge in [-0.1, -0.05) is 11.6 Å². The number of aliphatic hydroxyl groups is 1. The van der Waals surface area contributed by atoms with E-state index in [9.17, 15) is 5.11 Å². The summed E-state index contributed by atoms with van der Waals surface area (Å²) in [4.78, 5) is 0. The van der Waals surface area contributed by atoms with E-state index in [0.29, 0.717) is 16.5 Å². The molecule has 5 heteroatoms. The van der Waals surface area contributed by atoms with Crippen LogP contribution in [0.5, 0.6) is 11.5 Å². The Morgan fingerprint density at radius 3 is 2.87 bits per heavy atom. The summed E-state index contributed by atoms with van der Waals surface area (Å²) in [6, 6.07) is 5.06. The number of hydrogen-bond donors (Lipinski definition) is 2. The van der Waals surface area contributed by atoms with E-state index in [1.54, 1.807) is 25.3 Å². The van der Waals surface area contributed by atoms with Crippen LogP contribution in [-0.2, 0) is 0 Å². The molecule has 0 heterocycles. The number of halogens is 1. The standard InChI is InChI=1S/C10H14ClNO3/c1-14-8-2-3-9(11)10(4-8)15-6-7(13)5-12/h2-4,7,13H,5-6,12H2,1H3. The third-order valence-electron chi connectivity index (χ3n) is 1.84. The van der Waals surface area contributed by atoms with E-state index in [2.05, 4.69) is 0 Å². The number of methoxy groups -OCH3 is 1. The summed E-state index contributed by atoms with van der Waals surface area (Å²) in [7, 11) is 1.56. The third-order valence-corrected chi connectivity index (χ3v) is 2.15. The van der Waals surface area contributed by atoms with Gasteiger partial charge >= 0.3 is 0 Å². The van der Waals surface area contributed by atoms with E-state index in [1.807, 2.05) is 0 Å². The molecule has 1 aromatic carbocycles. The molecule has 0 radical (unpaired) electrons. The topological polar surface area (TPSA) is 64.7 Å². The summed E-state index contributed by atoms with van der Waals surface area (Å²) in [5.41, 5.74) is 5.24. The highest BCUT2D eigenvalue weighted by Crippen LogP contribution is 2.28. The quantitative estimate of drug-likeness (QED) is 0.795. The second kappa shape index (κ2) is 5.80. The zero-order valence-electron chi connectivity index (χ0n) is 8.44. The maximum Gasteiger partial charge on any atom is 0.141 e. The summed E-state index contributed by atoms with van der Waals surface area (Å²) in [6.45, 7) is 0.269. The van der Waals surface area contributed by atoms with Gasteiger partial charge in [-0.25, -0.2) is 0 Å². The van der Waals surface area contributed by atoms with Gasteiger partial charge in [0, 0.05) is 12.6 Å². The van der Waals surface area contributed by atoms with Gasteiger partial charge in [-0.3, -0.25) is 0 Å². The van der Waals surface area contributed by atoms with E-state index in [4.69, 9.17) is 26.8 Å². The van der Waals surface area contributed by atoms with Crippen LogP contribution in [0.2, 0.25) is 5.02 Å². The van der Waals surface area contributed by atoms with Crippen molar-refractivity contribution in [3.05, 3.63) is 23.2 Å². The highest BCUT2D eigenvalue weighted by Gasteiger charge is 2.06. The van der Waals surface area contributed by atoms with Gasteiger partial charge < -0.3 is 20.3 Å². The largest absolute Gasteiger partial charge is 0.497 e. The molecule has 0 aromatic heterocycles. The number of benzene rings is 1. The van der Waals surface area contributed by atoms with Gasteiger partial charge in [0.2, 0.25) is 0 Å². The second-order valence-electron chi connectivity index (χ2n) is 3.00. The van der Waals surface area contributed by atoms with Crippen LogP contribution in [0.1, 0.15) is 0 Å². The first kappa shape index (κ1) is 12.1. The lowest BCUT2D eigenvalue weighted by Crippen LogP contribution is -2.26. The van der Waals surface area contributed by atoms with Crippen LogP contribution in [0.15, 0.2) is 18.2 Å². The van der Waals surface area contributed by atoms with E-state index in [0.717, 1.165) is 0 Å². The molecule has 1 atom stereocenters. The predicted octanol–water partition coefficient (Wildman–Crippen LogP) is 1.05. The normalized spacial score (nSPS) is 12.3. The molecule has 0 aliphatic carbocycles. The van der Waals surface area contributed by atoms with Crippen LogP contribution >= 0.6 is 11.6 Å². The van der Waals surface area contributed by atoms with Gasteiger partial charge in [-0.05, 0) is 12.1 Å². The van der Waals surface area contributed by atoms with Gasteiger partial charge in [-0.15, -0.1) is 0 Å². The molecule has 3 N–H and O–H groups in total. The Hall–Kier alpha value is -0.970. The van der Waals surface area contributed by atoms with Crippen LogP contribution in [-0.4, -0.2) is 31.5 Å². The van der Waals surface area contributed by atoms with Crippen molar-refractivity contribution in [1.82, 2.24) is 0 Å². The molecule has 0 aliphatic heterocycles. The fourth-order valence-electron chi connectivity index (χ4n) is 0.975. The highest BCUT2D eigenvalue weighted by atomic mass is 35.5. The maximum atomic E-state index is 9.21. The summed E-state index contributed by atoms with van der Waals surface area (Å²) in [5.74, 6) is 1.13. The molecule has 0 aliphatic rings. The number of hydrogen-bond acceptors (Lipinski definition) is 4. The first-order valence-electron chi connectivity index (χ1n) is 4.52. The lowest BCUT2D eigenvalue weighted by molar-refractivity contribution is 0.114. The van der Waals surface area contributed by atoms with E-state index in [-0.39, 0.29) is 13.2 Å². The van der Waals surface area contributed by atoms with Crippen molar-refractivity contribution >= 4 is 11.6 Å². The fraction of sp³-hybridized carbons (Fsp3) is 0.400. The molecule has 0 saturated carbocycles. The van der Waals surface area contributed by atoms with Crippen LogP contribution in [0.4, 0.5) is 0 Å². The average Bonchev–Trinajstić information content (AvgIpc) is 2.27. The number of ether oxygens (including phenoxy) is 2. The molecule has 4 nitrogen and oxygen atoms in total. The monoisotopic (exact) mass is 231 g/mol. The minimum atomic E-state index is -0.688. The molecule has 0 bridgehead atoms. The Morgan fingerprint density at radius 1 is 1.53 bits per heavy atom. The second-order valence-corrected chi connectivity index (χ2v) is 3.40. The Labute approximate surface area is 93.6 Å². The van der Waals surface area contributed by atoms with Gasteiger partial charge in [0.05, 0.1) is 12.1 Å². The molecule has 0 saturated heterocycles. The number of rotatable bonds is 5. The van der Waals surface area contributed by atoms with E-state index in [1.165, 1.54) is 0 Å². The molecule has 15 heavy (non-hydrogen) atoms. The smallest absolute Gasteiger partial charge is 0.141 e. The van der Waals surface area contributed by atoms with Crippen molar-refractivity contribution in [2.75, 3.05) is 20.3 Å². The molecule has 0 fully saturated rings. The van der Waals surface area contributed by atoms with Crippen molar-refractivity contribution in [2.45, 2.75) is 6.10 Å². The Balaban J connectivity index is 2.66. The minimum Gasteiger partial charge on any atom is -0.497 e. The number of nitrogens with two attached hydrogens (primary N) is 1. The summed E-state index contributed by atoms with van der Waals surface area (Å²) < 4.78 is 10.3. The van der Waals surface area contributed by atoms with Gasteiger partial charge in [0.15, 0.2) is 0 Å². The van der Waals surface area contributed by atoms with Crippen molar-refractivity contribution < 1.29 is 14.6 Å². The van der Waals surface area contributed by atoms with Gasteiger partial charge in [0.25, 0.3) is 0 Å². The summed E-state index contributed by atoms with van der Waals surface area (Å²) in [6.07, 6.45) is -0.688. The maximum absolute atomic E-state index is 9.21. The van der Waals surface area contributed by atoms with Crippen molar-refractivity contribution in [3.63, 3.8) is 0 Å². The fourth-order valence-corrected chi connectivity index (χ4v) is 1.15. The Kier molecular flexibility index (Phi) is 4.68. The molecule has 1 rings (SSSR count). The molecule has 1 unspecified atom stereocenters. The summed E-state index contributed by atoms with van der Waals surface area (Å²) >= 11 is 5.89. The highest BCUT2D eigenvalue weighted by molar-refractivity contribution is 6.32. The Morgan fingerprint density at radius 2 is 2.27 bits per heavy atom. The van der Waals surface area contributed by atoms with Crippen LogP contribution < -0.4 is 15.2 Å². The van der Waals surface area contributed by atoms with Crippen LogP contribution in [0.3, 0.4) is 0 Å². The molecule has 1 aromatic rings. The molecule has 0 spiro atoms. The zero-order chi connectivity index (χ0) is 11.3. The number of aliphatic hydroxyl groups excluding tert-OH is 1. The zero-order valence-corrected chi connectivity index (χ0v) is 9.20. The first-order chi connectivity index (χ1) is 7.17.